The number of carbonyl (C=O) groups excluding carboxylic acids is 1. The van der Waals surface area contributed by atoms with Gasteiger partial charge in [-0.3, -0.25) is 4.79 Å². The van der Waals surface area contributed by atoms with Gasteiger partial charge in [-0.1, -0.05) is 0 Å². The Morgan fingerprint density at radius 1 is 0.812 bits per heavy atom. The molecule has 8 heteroatoms. The molecule has 7 N–H and O–H groups in total. The van der Waals surface area contributed by atoms with Crippen LogP contribution in [0, 0.1) is 0 Å². The van der Waals surface area contributed by atoms with Crippen LogP contribution in [0.2, 0.25) is 0 Å². The summed E-state index contributed by atoms with van der Waals surface area (Å²) in [6.45, 7) is -1.79. The standard InChI is InChI=1S/C8H16O8/c9-1-3(11)5(13)7(15)8(16)6(14)4(12)2-10/h3-7,9-15H,1-2H2/t3-,4-,5-,6+,7+/m1/s1. The first-order valence-corrected chi connectivity index (χ1v) is 4.52. The van der Waals surface area contributed by atoms with Gasteiger partial charge in [0.1, 0.15) is 30.5 Å². The van der Waals surface area contributed by atoms with E-state index in [0.29, 0.717) is 0 Å². The topological polar surface area (TPSA) is 159 Å². The van der Waals surface area contributed by atoms with Gasteiger partial charge in [-0.2, -0.15) is 0 Å². The van der Waals surface area contributed by atoms with Crippen LogP contribution in [0.15, 0.2) is 0 Å². The van der Waals surface area contributed by atoms with Crippen LogP contribution in [-0.2, 0) is 4.79 Å². The predicted molar refractivity (Wildman–Crippen MR) is 49.2 cm³/mol. The van der Waals surface area contributed by atoms with Crippen LogP contribution in [0.25, 0.3) is 0 Å². The highest BCUT2D eigenvalue weighted by atomic mass is 16.4. The molecule has 0 aromatic heterocycles. The predicted octanol–water partition coefficient (Wildman–Crippen LogP) is -4.66. The molecule has 0 rings (SSSR count). The van der Waals surface area contributed by atoms with E-state index in [1.54, 1.807) is 0 Å². The smallest absolute Gasteiger partial charge is 0.195 e. The molecular formula is C8H16O8. The fourth-order valence-electron chi connectivity index (χ4n) is 0.951. The summed E-state index contributed by atoms with van der Waals surface area (Å²) in [5.41, 5.74) is 0. The Morgan fingerprint density at radius 2 is 1.25 bits per heavy atom. The van der Waals surface area contributed by atoms with Crippen molar-refractivity contribution >= 4 is 5.78 Å². The maximum atomic E-state index is 11.2. The third-order valence-corrected chi connectivity index (χ3v) is 2.04. The Balaban J connectivity index is 4.48. The van der Waals surface area contributed by atoms with Crippen LogP contribution in [0.4, 0.5) is 0 Å². The lowest BCUT2D eigenvalue weighted by molar-refractivity contribution is -0.155. The molecule has 0 saturated heterocycles. The number of hydrogen-bond acceptors (Lipinski definition) is 8. The third kappa shape index (κ3) is 3.76. The van der Waals surface area contributed by atoms with E-state index in [2.05, 4.69) is 0 Å². The Hall–Kier alpha value is -0.610. The van der Waals surface area contributed by atoms with Crippen molar-refractivity contribution in [3.8, 4) is 0 Å². The van der Waals surface area contributed by atoms with Crippen LogP contribution < -0.4 is 0 Å². The maximum Gasteiger partial charge on any atom is 0.195 e. The SMILES string of the molecule is O=C([C@@H](O)[C@H](O)[C@H](O)CO)[C@@H](O)[C@H](O)CO. The van der Waals surface area contributed by atoms with Crippen molar-refractivity contribution in [2.75, 3.05) is 13.2 Å². The highest BCUT2D eigenvalue weighted by molar-refractivity contribution is 5.88. The lowest BCUT2D eigenvalue weighted by Crippen LogP contribution is -2.50. The summed E-state index contributed by atoms with van der Waals surface area (Å²) in [4.78, 5) is 11.2. The van der Waals surface area contributed by atoms with Crippen LogP contribution in [0.3, 0.4) is 0 Å². The minimum absolute atomic E-state index is 0.885. The van der Waals surface area contributed by atoms with E-state index >= 15 is 0 Å². The summed E-state index contributed by atoms with van der Waals surface area (Å²) in [5, 5.41) is 62.1. The van der Waals surface area contributed by atoms with Gasteiger partial charge in [0.05, 0.1) is 13.2 Å². The highest BCUT2D eigenvalue weighted by Crippen LogP contribution is 2.06. The third-order valence-electron chi connectivity index (χ3n) is 2.04. The number of hydrogen-bond donors (Lipinski definition) is 7. The van der Waals surface area contributed by atoms with E-state index in [9.17, 15) is 9.90 Å². The fourth-order valence-corrected chi connectivity index (χ4v) is 0.951. The molecule has 0 fully saturated rings. The molecule has 0 amide bonds. The van der Waals surface area contributed by atoms with Crippen molar-refractivity contribution in [2.45, 2.75) is 30.5 Å². The van der Waals surface area contributed by atoms with E-state index in [1.807, 2.05) is 0 Å². The molecule has 5 atom stereocenters. The normalized spacial score (nSPS) is 20.9. The monoisotopic (exact) mass is 240 g/mol. The molecule has 0 aliphatic carbocycles. The fraction of sp³-hybridized carbons (Fsp3) is 0.875. The molecule has 0 aromatic carbocycles. The molecule has 0 saturated carbocycles. The molecule has 0 aliphatic rings. The lowest BCUT2D eigenvalue weighted by Gasteiger charge is -2.23. The number of aliphatic hydroxyl groups is 7. The molecule has 0 radical (unpaired) electrons. The summed E-state index contributed by atoms with van der Waals surface area (Å²) >= 11 is 0. The second kappa shape index (κ2) is 6.86. The first-order valence-electron chi connectivity index (χ1n) is 4.52. The van der Waals surface area contributed by atoms with Gasteiger partial charge in [0.25, 0.3) is 0 Å². The second-order valence-electron chi connectivity index (χ2n) is 3.28. The molecule has 8 nitrogen and oxygen atoms in total. The molecule has 0 bridgehead atoms. The Kier molecular flexibility index (Phi) is 6.60. The summed E-state index contributed by atoms with van der Waals surface area (Å²) in [6.07, 6.45) is -9.78. The largest absolute Gasteiger partial charge is 0.394 e. The number of ketones is 1. The average molecular weight is 240 g/mol. The second-order valence-corrected chi connectivity index (χ2v) is 3.28. The molecule has 0 aliphatic heterocycles. The van der Waals surface area contributed by atoms with Crippen molar-refractivity contribution in [1.82, 2.24) is 0 Å². The van der Waals surface area contributed by atoms with Crippen LogP contribution in [-0.4, -0.2) is 85.3 Å². The molecular weight excluding hydrogens is 224 g/mol. The van der Waals surface area contributed by atoms with E-state index in [-0.39, 0.29) is 0 Å². The van der Waals surface area contributed by atoms with E-state index in [4.69, 9.17) is 30.6 Å². The zero-order chi connectivity index (χ0) is 12.9. The molecule has 96 valence electrons. The first-order chi connectivity index (χ1) is 7.36. The zero-order valence-electron chi connectivity index (χ0n) is 8.34. The van der Waals surface area contributed by atoms with Crippen molar-refractivity contribution in [1.29, 1.82) is 0 Å². The summed E-state index contributed by atoms with van der Waals surface area (Å²) in [7, 11) is 0. The zero-order valence-corrected chi connectivity index (χ0v) is 8.34. The van der Waals surface area contributed by atoms with Gasteiger partial charge in [-0.15, -0.1) is 0 Å². The molecule has 0 unspecified atom stereocenters. The van der Waals surface area contributed by atoms with Gasteiger partial charge >= 0.3 is 0 Å². The number of rotatable bonds is 7. The molecule has 0 aromatic rings. The Bertz CT molecular complexity index is 220. The summed E-state index contributed by atoms with van der Waals surface area (Å²) in [5.74, 6) is -1.36. The van der Waals surface area contributed by atoms with Gasteiger partial charge in [0.2, 0.25) is 0 Å². The number of Topliss-reactive ketones (excluding diaryl/α,β-unsaturated/α-hetero) is 1. The first kappa shape index (κ1) is 15.4. The molecule has 0 heterocycles. The Labute approximate surface area is 91.0 Å². The molecule has 16 heavy (non-hydrogen) atoms. The summed E-state index contributed by atoms with van der Waals surface area (Å²) < 4.78 is 0. The van der Waals surface area contributed by atoms with Crippen LogP contribution in [0.5, 0.6) is 0 Å². The number of carbonyl (C=O) groups is 1. The van der Waals surface area contributed by atoms with E-state index in [0.717, 1.165) is 0 Å². The minimum Gasteiger partial charge on any atom is -0.394 e. The van der Waals surface area contributed by atoms with Crippen molar-refractivity contribution in [2.24, 2.45) is 0 Å². The quantitative estimate of drug-likeness (QED) is 0.234. The van der Waals surface area contributed by atoms with Crippen molar-refractivity contribution in [3.05, 3.63) is 0 Å². The van der Waals surface area contributed by atoms with Gasteiger partial charge in [-0.05, 0) is 0 Å². The van der Waals surface area contributed by atoms with Gasteiger partial charge in [0.15, 0.2) is 5.78 Å². The van der Waals surface area contributed by atoms with Crippen molar-refractivity contribution in [3.63, 3.8) is 0 Å². The average Bonchev–Trinajstić information content (AvgIpc) is 2.32. The Morgan fingerprint density at radius 3 is 1.62 bits per heavy atom. The van der Waals surface area contributed by atoms with E-state index in [1.165, 1.54) is 0 Å². The molecule has 0 spiro atoms. The van der Waals surface area contributed by atoms with Crippen LogP contribution in [0.1, 0.15) is 0 Å². The van der Waals surface area contributed by atoms with Gasteiger partial charge in [-0.25, -0.2) is 0 Å². The van der Waals surface area contributed by atoms with E-state index < -0.39 is 49.5 Å². The van der Waals surface area contributed by atoms with Crippen molar-refractivity contribution < 1.29 is 40.5 Å². The summed E-state index contributed by atoms with van der Waals surface area (Å²) in [6, 6.07) is 0. The highest BCUT2D eigenvalue weighted by Gasteiger charge is 2.36. The van der Waals surface area contributed by atoms with Crippen LogP contribution >= 0.6 is 0 Å². The van der Waals surface area contributed by atoms with Gasteiger partial charge in [0, 0.05) is 0 Å². The van der Waals surface area contributed by atoms with Gasteiger partial charge < -0.3 is 35.7 Å². The maximum absolute atomic E-state index is 11.2. The lowest BCUT2D eigenvalue weighted by atomic mass is 9.98. The number of aliphatic hydroxyl groups excluding tert-OH is 7. The minimum atomic E-state index is -2.17.